The Balaban J connectivity index is 1.83. The Morgan fingerprint density at radius 1 is 1.20 bits per heavy atom. The maximum atomic E-state index is 11.8. The van der Waals surface area contributed by atoms with Crippen molar-refractivity contribution in [3.05, 3.63) is 59.9 Å². The number of nitrogens with zero attached hydrogens (tertiary/aromatic N) is 2. The molecule has 1 aromatic carbocycles. The summed E-state index contributed by atoms with van der Waals surface area (Å²) in [5, 5.41) is 14.7. The lowest BCUT2D eigenvalue weighted by molar-refractivity contribution is -0.115. The summed E-state index contributed by atoms with van der Waals surface area (Å²) in [7, 11) is 0. The molecule has 0 atom stereocenters. The van der Waals surface area contributed by atoms with Gasteiger partial charge in [0.2, 0.25) is 5.91 Å². The average Bonchev–Trinajstić information content (AvgIpc) is 2.49. The van der Waals surface area contributed by atoms with Crippen LogP contribution >= 0.6 is 0 Å². The minimum Gasteiger partial charge on any atom is -0.324 e. The van der Waals surface area contributed by atoms with Crippen molar-refractivity contribution in [2.45, 2.75) is 6.54 Å². The number of carbonyl (C=O) groups excluding carboxylic acids is 1. The zero-order valence-corrected chi connectivity index (χ0v) is 10.8. The van der Waals surface area contributed by atoms with Crippen LogP contribution in [-0.2, 0) is 11.3 Å². The van der Waals surface area contributed by atoms with Gasteiger partial charge in [0.05, 0.1) is 17.8 Å². The molecule has 0 saturated heterocycles. The van der Waals surface area contributed by atoms with Gasteiger partial charge >= 0.3 is 0 Å². The van der Waals surface area contributed by atoms with Crippen LogP contribution in [0.1, 0.15) is 11.1 Å². The predicted octanol–water partition coefficient (Wildman–Crippen LogP) is 1.68. The van der Waals surface area contributed by atoms with E-state index in [-0.39, 0.29) is 12.5 Å². The molecule has 5 nitrogen and oxygen atoms in total. The minimum atomic E-state index is -0.179. The molecule has 20 heavy (non-hydrogen) atoms. The highest BCUT2D eigenvalue weighted by atomic mass is 16.1. The molecule has 100 valence electrons. The summed E-state index contributed by atoms with van der Waals surface area (Å²) in [5.41, 5.74) is 2.05. The maximum Gasteiger partial charge on any atom is 0.238 e. The Morgan fingerprint density at radius 3 is 2.70 bits per heavy atom. The van der Waals surface area contributed by atoms with Gasteiger partial charge in [0.1, 0.15) is 6.07 Å². The highest BCUT2D eigenvalue weighted by Crippen LogP contribution is 2.12. The summed E-state index contributed by atoms with van der Waals surface area (Å²) < 4.78 is 0. The first kappa shape index (κ1) is 13.7. The van der Waals surface area contributed by atoms with Crippen molar-refractivity contribution in [1.29, 1.82) is 5.26 Å². The van der Waals surface area contributed by atoms with Crippen molar-refractivity contribution >= 4 is 11.6 Å². The van der Waals surface area contributed by atoms with Crippen LogP contribution in [0.25, 0.3) is 0 Å². The van der Waals surface area contributed by atoms with Crippen LogP contribution in [0, 0.1) is 11.3 Å². The summed E-state index contributed by atoms with van der Waals surface area (Å²) in [6.07, 6.45) is 3.42. The summed E-state index contributed by atoms with van der Waals surface area (Å²) in [4.78, 5) is 15.7. The number of rotatable bonds is 5. The second kappa shape index (κ2) is 7.02. The Kier molecular flexibility index (Phi) is 4.81. The highest BCUT2D eigenvalue weighted by Gasteiger charge is 2.05. The van der Waals surface area contributed by atoms with Gasteiger partial charge in [-0.2, -0.15) is 5.26 Å². The van der Waals surface area contributed by atoms with Crippen molar-refractivity contribution in [1.82, 2.24) is 10.3 Å². The van der Waals surface area contributed by atoms with Gasteiger partial charge in [-0.25, -0.2) is 0 Å². The normalized spacial score (nSPS) is 9.75. The standard InChI is InChI=1S/C15H14N4O/c16-9-13-3-1-2-4-14(13)19-15(20)11-18-10-12-5-7-17-8-6-12/h1-8,18H,10-11H2,(H,19,20). The molecule has 1 amide bonds. The van der Waals surface area contributed by atoms with Gasteiger partial charge in [-0.1, -0.05) is 12.1 Å². The lowest BCUT2D eigenvalue weighted by atomic mass is 10.2. The van der Waals surface area contributed by atoms with Gasteiger partial charge in [-0.3, -0.25) is 9.78 Å². The highest BCUT2D eigenvalue weighted by molar-refractivity contribution is 5.93. The Hall–Kier alpha value is -2.71. The molecule has 0 aliphatic rings. The number of hydrogen-bond donors (Lipinski definition) is 2. The van der Waals surface area contributed by atoms with E-state index in [4.69, 9.17) is 5.26 Å². The van der Waals surface area contributed by atoms with E-state index in [1.165, 1.54) is 0 Å². The fourth-order valence-electron chi connectivity index (χ4n) is 1.71. The molecular formula is C15H14N4O. The fourth-order valence-corrected chi connectivity index (χ4v) is 1.71. The summed E-state index contributed by atoms with van der Waals surface area (Å²) in [6.45, 7) is 0.776. The Morgan fingerprint density at radius 2 is 1.95 bits per heavy atom. The Bertz CT molecular complexity index is 619. The minimum absolute atomic E-state index is 0.179. The van der Waals surface area contributed by atoms with Crippen molar-refractivity contribution in [2.75, 3.05) is 11.9 Å². The van der Waals surface area contributed by atoms with E-state index < -0.39 is 0 Å². The number of nitriles is 1. The van der Waals surface area contributed by atoms with E-state index in [9.17, 15) is 4.79 Å². The van der Waals surface area contributed by atoms with Gasteiger partial charge < -0.3 is 10.6 Å². The number of hydrogen-bond acceptors (Lipinski definition) is 4. The van der Waals surface area contributed by atoms with Crippen LogP contribution in [0.15, 0.2) is 48.8 Å². The van der Waals surface area contributed by atoms with E-state index in [1.807, 2.05) is 18.2 Å². The molecule has 2 rings (SSSR count). The zero-order chi connectivity index (χ0) is 14.2. The van der Waals surface area contributed by atoms with Crippen LogP contribution in [0.2, 0.25) is 0 Å². The van der Waals surface area contributed by atoms with Gasteiger partial charge in [0.25, 0.3) is 0 Å². The molecule has 1 heterocycles. The zero-order valence-electron chi connectivity index (χ0n) is 10.8. The monoisotopic (exact) mass is 266 g/mol. The van der Waals surface area contributed by atoms with Crippen LogP contribution < -0.4 is 10.6 Å². The Labute approximate surface area is 117 Å². The summed E-state index contributed by atoms with van der Waals surface area (Å²) in [5.74, 6) is -0.179. The van der Waals surface area contributed by atoms with E-state index in [2.05, 4.69) is 15.6 Å². The fraction of sp³-hybridized carbons (Fsp3) is 0.133. The third kappa shape index (κ3) is 3.90. The molecule has 0 spiro atoms. The van der Waals surface area contributed by atoms with Gasteiger partial charge in [0, 0.05) is 18.9 Å². The molecule has 0 aliphatic carbocycles. The molecule has 0 aliphatic heterocycles. The molecule has 0 saturated carbocycles. The number of carbonyl (C=O) groups is 1. The lowest BCUT2D eigenvalue weighted by Gasteiger charge is -2.08. The number of aromatic nitrogens is 1. The van der Waals surface area contributed by atoms with Crippen LogP contribution in [0.3, 0.4) is 0 Å². The molecule has 2 N–H and O–H groups in total. The van der Waals surface area contributed by atoms with E-state index >= 15 is 0 Å². The summed E-state index contributed by atoms with van der Waals surface area (Å²) >= 11 is 0. The average molecular weight is 266 g/mol. The van der Waals surface area contributed by atoms with Crippen LogP contribution in [0.5, 0.6) is 0 Å². The number of nitrogens with one attached hydrogen (secondary N) is 2. The molecule has 0 unspecified atom stereocenters. The topological polar surface area (TPSA) is 77.8 Å². The molecule has 0 radical (unpaired) electrons. The molecule has 1 aromatic heterocycles. The summed E-state index contributed by atoms with van der Waals surface area (Å²) in [6, 6.07) is 12.7. The first-order valence-corrected chi connectivity index (χ1v) is 6.18. The van der Waals surface area contributed by atoms with Crippen LogP contribution in [-0.4, -0.2) is 17.4 Å². The third-order valence-electron chi connectivity index (χ3n) is 2.69. The van der Waals surface area contributed by atoms with E-state index in [0.29, 0.717) is 17.8 Å². The van der Waals surface area contributed by atoms with Gasteiger partial charge in [-0.05, 0) is 29.8 Å². The SMILES string of the molecule is N#Cc1ccccc1NC(=O)CNCc1ccncc1. The second-order valence-corrected chi connectivity index (χ2v) is 4.16. The first-order valence-electron chi connectivity index (χ1n) is 6.18. The van der Waals surface area contributed by atoms with Crippen molar-refractivity contribution in [3.63, 3.8) is 0 Å². The van der Waals surface area contributed by atoms with Gasteiger partial charge in [-0.15, -0.1) is 0 Å². The van der Waals surface area contributed by atoms with Crippen molar-refractivity contribution in [2.24, 2.45) is 0 Å². The number of benzene rings is 1. The number of anilines is 1. The smallest absolute Gasteiger partial charge is 0.238 e. The van der Waals surface area contributed by atoms with E-state index in [1.54, 1.807) is 36.7 Å². The lowest BCUT2D eigenvalue weighted by Crippen LogP contribution is -2.28. The molecule has 0 bridgehead atoms. The number of para-hydroxylation sites is 1. The van der Waals surface area contributed by atoms with Crippen molar-refractivity contribution < 1.29 is 4.79 Å². The van der Waals surface area contributed by atoms with Crippen LogP contribution in [0.4, 0.5) is 5.69 Å². The quantitative estimate of drug-likeness (QED) is 0.863. The van der Waals surface area contributed by atoms with Crippen molar-refractivity contribution in [3.8, 4) is 6.07 Å². The molecular weight excluding hydrogens is 252 g/mol. The first-order chi connectivity index (χ1) is 9.79. The molecule has 0 fully saturated rings. The molecule has 5 heteroatoms. The second-order valence-electron chi connectivity index (χ2n) is 4.16. The van der Waals surface area contributed by atoms with E-state index in [0.717, 1.165) is 5.56 Å². The third-order valence-corrected chi connectivity index (χ3v) is 2.69. The predicted molar refractivity (Wildman–Crippen MR) is 75.7 cm³/mol. The van der Waals surface area contributed by atoms with Gasteiger partial charge in [0.15, 0.2) is 0 Å². The largest absolute Gasteiger partial charge is 0.324 e. The number of amides is 1. The number of pyridine rings is 1. The molecule has 2 aromatic rings. The maximum absolute atomic E-state index is 11.8.